The summed E-state index contributed by atoms with van der Waals surface area (Å²) in [6, 6.07) is 0. The smallest absolute Gasteiger partial charge is 0.410 e. The molecule has 110 valence electrons. The van der Waals surface area contributed by atoms with Crippen molar-refractivity contribution in [2.45, 2.75) is 39.7 Å². The lowest BCUT2D eigenvalue weighted by atomic mass is 10.1. The molecule has 6 heteroatoms. The minimum absolute atomic E-state index is 0.277. The van der Waals surface area contributed by atoms with Crippen LogP contribution in [0.25, 0.3) is 0 Å². The number of rotatable bonds is 4. The van der Waals surface area contributed by atoms with Gasteiger partial charge in [0.1, 0.15) is 12.2 Å². The number of carbonyl (C=O) groups is 1. The Morgan fingerprint density at radius 2 is 2.05 bits per heavy atom. The maximum atomic E-state index is 12.0. The van der Waals surface area contributed by atoms with Crippen LogP contribution in [0, 0.1) is 0 Å². The summed E-state index contributed by atoms with van der Waals surface area (Å²) in [7, 11) is 0. The summed E-state index contributed by atoms with van der Waals surface area (Å²) in [6.07, 6.45) is 0.304. The molecule has 0 aromatic rings. The van der Waals surface area contributed by atoms with Crippen LogP contribution >= 0.6 is 0 Å². The van der Waals surface area contributed by atoms with E-state index in [4.69, 9.17) is 20.2 Å². The Morgan fingerprint density at radius 3 is 2.63 bits per heavy atom. The largest absolute Gasteiger partial charge is 0.444 e. The Morgan fingerprint density at radius 1 is 1.37 bits per heavy atom. The number of nitrogens with two attached hydrogens (primary N) is 1. The van der Waals surface area contributed by atoms with Gasteiger partial charge in [0, 0.05) is 25.2 Å². The maximum Gasteiger partial charge on any atom is 0.410 e. The Labute approximate surface area is 114 Å². The number of hydrogen-bond donors (Lipinski definition) is 1. The third kappa shape index (κ3) is 5.48. The molecule has 0 bridgehead atoms. The lowest BCUT2D eigenvalue weighted by molar-refractivity contribution is -0.285. The Balaban J connectivity index is 2.55. The van der Waals surface area contributed by atoms with E-state index in [-0.39, 0.29) is 12.7 Å². The van der Waals surface area contributed by atoms with E-state index < -0.39 is 5.60 Å². The fourth-order valence-electron chi connectivity index (χ4n) is 1.66. The summed E-state index contributed by atoms with van der Waals surface area (Å²) in [5.74, 6) is 0. The van der Waals surface area contributed by atoms with Crippen LogP contribution in [0.3, 0.4) is 0 Å². The normalized spacial score (nSPS) is 16.7. The van der Waals surface area contributed by atoms with Crippen LogP contribution in [0.2, 0.25) is 0 Å². The van der Waals surface area contributed by atoms with Crippen molar-refractivity contribution >= 4 is 6.09 Å². The first-order valence-electron chi connectivity index (χ1n) is 6.52. The van der Waals surface area contributed by atoms with E-state index in [1.165, 1.54) is 0 Å². The van der Waals surface area contributed by atoms with E-state index in [0.29, 0.717) is 26.1 Å². The van der Waals surface area contributed by atoms with Crippen molar-refractivity contribution in [3.05, 3.63) is 11.3 Å². The molecule has 19 heavy (non-hydrogen) atoms. The number of ether oxygens (including phenoxy) is 1. The molecule has 0 aromatic heterocycles. The van der Waals surface area contributed by atoms with Gasteiger partial charge in [-0.05, 0) is 33.3 Å². The topological polar surface area (TPSA) is 74.0 Å². The summed E-state index contributed by atoms with van der Waals surface area (Å²) < 4.78 is 5.34. The highest BCUT2D eigenvalue weighted by molar-refractivity contribution is 5.69. The average Bonchev–Trinajstić information content (AvgIpc) is 2.29. The summed E-state index contributed by atoms with van der Waals surface area (Å²) in [4.78, 5) is 23.4. The lowest BCUT2D eigenvalue weighted by Gasteiger charge is -2.31. The van der Waals surface area contributed by atoms with Crippen molar-refractivity contribution in [1.29, 1.82) is 0 Å². The molecule has 0 atom stereocenters. The van der Waals surface area contributed by atoms with Gasteiger partial charge in [-0.15, -0.1) is 0 Å². The third-order valence-electron chi connectivity index (χ3n) is 2.57. The second-order valence-corrected chi connectivity index (χ2v) is 5.45. The molecule has 0 saturated heterocycles. The van der Waals surface area contributed by atoms with Crippen LogP contribution in [0.1, 0.15) is 34.1 Å². The number of hydrogen-bond acceptors (Lipinski definition) is 5. The van der Waals surface area contributed by atoms with Gasteiger partial charge in [0.05, 0.1) is 6.61 Å². The summed E-state index contributed by atoms with van der Waals surface area (Å²) in [5.41, 5.74) is 7.05. The molecule has 0 radical (unpaired) electrons. The number of amides is 1. The highest BCUT2D eigenvalue weighted by Crippen LogP contribution is 2.18. The second kappa shape index (κ2) is 6.77. The average molecular weight is 272 g/mol. The predicted octanol–water partition coefficient (Wildman–Crippen LogP) is 1.81. The van der Waals surface area contributed by atoms with Crippen LogP contribution in [0.5, 0.6) is 0 Å². The molecule has 0 unspecified atom stereocenters. The van der Waals surface area contributed by atoms with Crippen molar-refractivity contribution in [2.24, 2.45) is 5.73 Å². The molecule has 0 aromatic carbocycles. The molecule has 6 nitrogen and oxygen atoms in total. The van der Waals surface area contributed by atoms with Gasteiger partial charge in [-0.25, -0.2) is 14.6 Å². The van der Waals surface area contributed by atoms with Gasteiger partial charge in [0.2, 0.25) is 0 Å². The van der Waals surface area contributed by atoms with Crippen LogP contribution in [-0.4, -0.2) is 42.9 Å². The molecule has 1 heterocycles. The van der Waals surface area contributed by atoms with E-state index in [0.717, 1.165) is 11.3 Å². The standard InChI is InChI=1S/C13H24N2O4/c1-5-17-18-9-10-8-15(7-6-11(10)14)12(16)19-13(2,3)4/h5-9,14H2,1-4H3. The first-order valence-corrected chi connectivity index (χ1v) is 6.52. The minimum atomic E-state index is -0.494. The van der Waals surface area contributed by atoms with Crippen molar-refractivity contribution in [3.8, 4) is 0 Å². The molecular formula is C13H24N2O4. The van der Waals surface area contributed by atoms with Crippen molar-refractivity contribution < 1.29 is 19.3 Å². The van der Waals surface area contributed by atoms with Crippen LogP contribution in [0.15, 0.2) is 11.3 Å². The zero-order valence-corrected chi connectivity index (χ0v) is 12.2. The summed E-state index contributed by atoms with van der Waals surface area (Å²) >= 11 is 0. The fraction of sp³-hybridized carbons (Fsp3) is 0.769. The molecule has 1 amide bonds. The summed E-state index contributed by atoms with van der Waals surface area (Å²) in [5, 5.41) is 0. The van der Waals surface area contributed by atoms with Crippen LogP contribution in [0.4, 0.5) is 4.79 Å². The first-order chi connectivity index (χ1) is 8.83. The monoisotopic (exact) mass is 272 g/mol. The quantitative estimate of drug-likeness (QED) is 0.480. The Bertz CT molecular complexity index is 347. The van der Waals surface area contributed by atoms with Crippen molar-refractivity contribution in [3.63, 3.8) is 0 Å². The van der Waals surface area contributed by atoms with E-state index in [1.54, 1.807) is 4.90 Å². The molecule has 2 N–H and O–H groups in total. The van der Waals surface area contributed by atoms with Gasteiger partial charge in [0.25, 0.3) is 0 Å². The van der Waals surface area contributed by atoms with Gasteiger partial charge >= 0.3 is 6.09 Å². The number of carbonyl (C=O) groups excluding carboxylic acids is 1. The van der Waals surface area contributed by atoms with E-state index in [9.17, 15) is 4.79 Å². The SMILES string of the molecule is CCOOCC1=C(N)CCN(C(=O)OC(C)(C)C)C1. The molecule has 0 aliphatic carbocycles. The second-order valence-electron chi connectivity index (χ2n) is 5.45. The van der Waals surface area contributed by atoms with E-state index in [1.807, 2.05) is 27.7 Å². The van der Waals surface area contributed by atoms with Gasteiger partial charge < -0.3 is 15.4 Å². The number of nitrogens with zero attached hydrogens (tertiary/aromatic N) is 1. The van der Waals surface area contributed by atoms with Gasteiger partial charge in [-0.2, -0.15) is 0 Å². The summed E-state index contributed by atoms with van der Waals surface area (Å²) in [6.45, 7) is 9.12. The minimum Gasteiger partial charge on any atom is -0.444 e. The van der Waals surface area contributed by atoms with Crippen molar-refractivity contribution in [1.82, 2.24) is 4.90 Å². The Kier molecular flexibility index (Phi) is 5.62. The molecule has 1 aliphatic heterocycles. The zero-order valence-electron chi connectivity index (χ0n) is 12.2. The van der Waals surface area contributed by atoms with Crippen molar-refractivity contribution in [2.75, 3.05) is 26.3 Å². The Hall–Kier alpha value is -1.27. The molecule has 0 fully saturated rings. The van der Waals surface area contributed by atoms with Gasteiger partial charge in [-0.3, -0.25) is 0 Å². The third-order valence-corrected chi connectivity index (χ3v) is 2.57. The van der Waals surface area contributed by atoms with E-state index in [2.05, 4.69) is 0 Å². The van der Waals surface area contributed by atoms with Crippen LogP contribution in [-0.2, 0) is 14.5 Å². The maximum absolute atomic E-state index is 12.0. The fourth-order valence-corrected chi connectivity index (χ4v) is 1.66. The predicted molar refractivity (Wildman–Crippen MR) is 71.2 cm³/mol. The molecule has 1 aliphatic rings. The molecular weight excluding hydrogens is 248 g/mol. The molecule has 1 rings (SSSR count). The van der Waals surface area contributed by atoms with E-state index >= 15 is 0 Å². The molecule has 0 saturated carbocycles. The first kappa shape index (κ1) is 15.8. The zero-order chi connectivity index (χ0) is 14.5. The highest BCUT2D eigenvalue weighted by atomic mass is 17.2. The molecule has 0 spiro atoms. The van der Waals surface area contributed by atoms with Gasteiger partial charge in [-0.1, -0.05) is 0 Å². The highest BCUT2D eigenvalue weighted by Gasteiger charge is 2.26. The lowest BCUT2D eigenvalue weighted by Crippen LogP contribution is -2.42. The van der Waals surface area contributed by atoms with Crippen LogP contribution < -0.4 is 5.73 Å². The van der Waals surface area contributed by atoms with Gasteiger partial charge in [0.15, 0.2) is 0 Å².